The SMILES string of the molecule is CC(C)C1(c2nc3ccc(F)cc3n2C2CC2)CCNC1. The van der Waals surface area contributed by atoms with E-state index >= 15 is 0 Å². The Balaban J connectivity index is 1.97. The van der Waals surface area contributed by atoms with Crippen LogP contribution < -0.4 is 5.32 Å². The summed E-state index contributed by atoms with van der Waals surface area (Å²) in [4.78, 5) is 4.95. The molecule has 21 heavy (non-hydrogen) atoms. The highest BCUT2D eigenvalue weighted by Crippen LogP contribution is 2.45. The quantitative estimate of drug-likeness (QED) is 0.937. The smallest absolute Gasteiger partial charge is 0.125 e. The third-order valence-corrected chi connectivity index (χ3v) is 5.30. The van der Waals surface area contributed by atoms with E-state index in [0.717, 1.165) is 30.5 Å². The van der Waals surface area contributed by atoms with Gasteiger partial charge in [0.25, 0.3) is 0 Å². The summed E-state index contributed by atoms with van der Waals surface area (Å²) in [6.07, 6.45) is 3.50. The number of imidazole rings is 1. The van der Waals surface area contributed by atoms with E-state index in [1.54, 1.807) is 6.07 Å². The third kappa shape index (κ3) is 1.92. The van der Waals surface area contributed by atoms with E-state index in [9.17, 15) is 4.39 Å². The van der Waals surface area contributed by atoms with Crippen LogP contribution in [-0.2, 0) is 5.41 Å². The van der Waals surface area contributed by atoms with Gasteiger partial charge in [0.15, 0.2) is 0 Å². The van der Waals surface area contributed by atoms with E-state index in [2.05, 4.69) is 23.7 Å². The predicted molar refractivity (Wildman–Crippen MR) is 82.0 cm³/mol. The molecule has 2 fully saturated rings. The second kappa shape index (κ2) is 4.54. The molecule has 1 aliphatic carbocycles. The number of benzene rings is 1. The van der Waals surface area contributed by atoms with E-state index in [-0.39, 0.29) is 11.2 Å². The number of nitrogens with one attached hydrogen (secondary N) is 1. The topological polar surface area (TPSA) is 29.9 Å². The lowest BCUT2D eigenvalue weighted by atomic mass is 9.75. The number of hydrogen-bond acceptors (Lipinski definition) is 2. The van der Waals surface area contributed by atoms with Gasteiger partial charge in [-0.25, -0.2) is 9.37 Å². The van der Waals surface area contributed by atoms with E-state index < -0.39 is 0 Å². The molecule has 1 atom stereocenters. The Labute approximate surface area is 124 Å². The maximum Gasteiger partial charge on any atom is 0.125 e. The van der Waals surface area contributed by atoms with Gasteiger partial charge in [-0.3, -0.25) is 0 Å². The zero-order valence-corrected chi connectivity index (χ0v) is 12.7. The minimum atomic E-state index is -0.168. The van der Waals surface area contributed by atoms with Crippen LogP contribution in [0, 0.1) is 11.7 Å². The van der Waals surface area contributed by atoms with Gasteiger partial charge in [-0.1, -0.05) is 13.8 Å². The Morgan fingerprint density at radius 3 is 2.81 bits per heavy atom. The Bertz CT molecular complexity index is 679. The van der Waals surface area contributed by atoms with E-state index in [1.165, 1.54) is 24.7 Å². The number of fused-ring (bicyclic) bond motifs is 1. The molecule has 4 rings (SSSR count). The summed E-state index contributed by atoms with van der Waals surface area (Å²) in [5.41, 5.74) is 1.99. The van der Waals surface area contributed by atoms with Gasteiger partial charge in [0.05, 0.1) is 11.0 Å². The van der Waals surface area contributed by atoms with Crippen molar-refractivity contribution in [1.29, 1.82) is 0 Å². The van der Waals surface area contributed by atoms with Crippen molar-refractivity contribution in [3.63, 3.8) is 0 Å². The molecule has 2 aromatic rings. The lowest BCUT2D eigenvalue weighted by Gasteiger charge is -2.32. The van der Waals surface area contributed by atoms with E-state index in [4.69, 9.17) is 4.98 Å². The second-order valence-corrected chi connectivity index (χ2v) is 6.91. The van der Waals surface area contributed by atoms with Crippen molar-refractivity contribution < 1.29 is 4.39 Å². The molecule has 0 bridgehead atoms. The Hall–Kier alpha value is -1.42. The van der Waals surface area contributed by atoms with Crippen LogP contribution in [0.15, 0.2) is 18.2 Å². The fourth-order valence-electron chi connectivity index (χ4n) is 3.77. The van der Waals surface area contributed by atoms with Gasteiger partial charge in [-0.15, -0.1) is 0 Å². The normalized spacial score (nSPS) is 26.1. The minimum Gasteiger partial charge on any atom is -0.324 e. The van der Waals surface area contributed by atoms with Gasteiger partial charge < -0.3 is 9.88 Å². The van der Waals surface area contributed by atoms with Gasteiger partial charge in [-0.05, 0) is 49.9 Å². The predicted octanol–water partition coefficient (Wildman–Crippen LogP) is 3.40. The summed E-state index contributed by atoms with van der Waals surface area (Å²) in [5, 5.41) is 3.51. The number of nitrogens with zero attached hydrogens (tertiary/aromatic N) is 2. The fraction of sp³-hybridized carbons (Fsp3) is 0.588. The molecule has 0 radical (unpaired) electrons. The Morgan fingerprint density at radius 2 is 2.19 bits per heavy atom. The maximum atomic E-state index is 13.7. The molecule has 1 aromatic carbocycles. The Kier molecular flexibility index (Phi) is 2.86. The first kappa shape index (κ1) is 13.3. The van der Waals surface area contributed by atoms with Gasteiger partial charge >= 0.3 is 0 Å². The number of aromatic nitrogens is 2. The van der Waals surface area contributed by atoms with Gasteiger partial charge in [-0.2, -0.15) is 0 Å². The van der Waals surface area contributed by atoms with Crippen molar-refractivity contribution in [3.05, 3.63) is 29.8 Å². The van der Waals surface area contributed by atoms with Crippen LogP contribution in [0.25, 0.3) is 11.0 Å². The average molecular weight is 287 g/mol. The highest BCUT2D eigenvalue weighted by molar-refractivity contribution is 5.77. The standard InChI is InChI=1S/C17H22FN3/c1-11(2)17(7-8-19-10-17)16-20-14-6-3-12(18)9-15(14)21(16)13-4-5-13/h3,6,9,11,13,19H,4-5,7-8,10H2,1-2H3. The minimum absolute atomic E-state index is 0.0814. The monoisotopic (exact) mass is 287 g/mol. The molecule has 0 spiro atoms. The molecule has 1 unspecified atom stereocenters. The lowest BCUT2D eigenvalue weighted by molar-refractivity contribution is 0.307. The molecule has 3 nitrogen and oxygen atoms in total. The van der Waals surface area contributed by atoms with Crippen LogP contribution in [0.3, 0.4) is 0 Å². The van der Waals surface area contributed by atoms with Crippen molar-refractivity contribution in [2.24, 2.45) is 5.92 Å². The van der Waals surface area contributed by atoms with Crippen molar-refractivity contribution in [1.82, 2.24) is 14.9 Å². The van der Waals surface area contributed by atoms with Gasteiger partial charge in [0.2, 0.25) is 0 Å². The van der Waals surface area contributed by atoms with Crippen LogP contribution >= 0.6 is 0 Å². The van der Waals surface area contributed by atoms with Crippen LogP contribution in [0.2, 0.25) is 0 Å². The first-order chi connectivity index (χ1) is 10.1. The first-order valence-electron chi connectivity index (χ1n) is 8.00. The van der Waals surface area contributed by atoms with Crippen LogP contribution in [0.1, 0.15) is 45.0 Å². The molecule has 4 heteroatoms. The largest absolute Gasteiger partial charge is 0.324 e. The fourth-order valence-corrected chi connectivity index (χ4v) is 3.77. The van der Waals surface area contributed by atoms with Crippen molar-refractivity contribution in [3.8, 4) is 0 Å². The van der Waals surface area contributed by atoms with Crippen molar-refractivity contribution >= 4 is 11.0 Å². The van der Waals surface area contributed by atoms with Crippen molar-refractivity contribution in [2.45, 2.75) is 44.6 Å². The highest BCUT2D eigenvalue weighted by Gasteiger charge is 2.44. The molecular formula is C17H22FN3. The molecule has 1 aromatic heterocycles. The molecule has 1 N–H and O–H groups in total. The summed E-state index contributed by atoms with van der Waals surface area (Å²) < 4.78 is 16.0. The van der Waals surface area contributed by atoms with Crippen molar-refractivity contribution in [2.75, 3.05) is 13.1 Å². The molecule has 0 amide bonds. The summed E-state index contributed by atoms with van der Waals surface area (Å²) in [6.45, 7) is 6.58. The van der Waals surface area contributed by atoms with Gasteiger partial charge in [0, 0.05) is 18.0 Å². The molecule has 112 valence electrons. The van der Waals surface area contributed by atoms with Crippen LogP contribution in [0.4, 0.5) is 4.39 Å². The van der Waals surface area contributed by atoms with Gasteiger partial charge in [0.1, 0.15) is 11.6 Å². The zero-order chi connectivity index (χ0) is 14.6. The molecular weight excluding hydrogens is 265 g/mol. The summed E-state index contributed by atoms with van der Waals surface area (Å²) in [5.74, 6) is 1.52. The Morgan fingerprint density at radius 1 is 1.38 bits per heavy atom. The third-order valence-electron chi connectivity index (χ3n) is 5.30. The molecule has 2 aliphatic rings. The first-order valence-corrected chi connectivity index (χ1v) is 8.00. The highest BCUT2D eigenvalue weighted by atomic mass is 19.1. The summed E-state index contributed by atoms with van der Waals surface area (Å²) in [6, 6.07) is 5.51. The summed E-state index contributed by atoms with van der Waals surface area (Å²) in [7, 11) is 0. The van der Waals surface area contributed by atoms with Crippen LogP contribution in [-0.4, -0.2) is 22.6 Å². The molecule has 1 saturated carbocycles. The lowest BCUT2D eigenvalue weighted by Crippen LogP contribution is -2.37. The maximum absolute atomic E-state index is 13.7. The number of halogens is 1. The zero-order valence-electron chi connectivity index (χ0n) is 12.7. The van der Waals surface area contributed by atoms with E-state index in [1.807, 2.05) is 6.07 Å². The average Bonchev–Trinajstić information content (AvgIpc) is 3.03. The summed E-state index contributed by atoms with van der Waals surface area (Å²) >= 11 is 0. The second-order valence-electron chi connectivity index (χ2n) is 6.91. The molecule has 2 heterocycles. The van der Waals surface area contributed by atoms with Crippen LogP contribution in [0.5, 0.6) is 0 Å². The van der Waals surface area contributed by atoms with E-state index in [0.29, 0.717) is 12.0 Å². The number of hydrogen-bond donors (Lipinski definition) is 1. The molecule has 1 aliphatic heterocycles. The number of rotatable bonds is 3. The molecule has 1 saturated heterocycles.